The Balaban J connectivity index is 1.52. The van der Waals surface area contributed by atoms with E-state index in [4.69, 9.17) is 9.47 Å². The largest absolute Gasteiger partial charge is 0.489 e. The molecule has 3 aromatic rings. The van der Waals surface area contributed by atoms with Gasteiger partial charge in [0, 0.05) is 17.3 Å². The summed E-state index contributed by atoms with van der Waals surface area (Å²) in [5, 5.41) is 3.91. The van der Waals surface area contributed by atoms with Gasteiger partial charge in [-0.2, -0.15) is 0 Å². The number of ether oxygens (including phenoxy) is 2. The Morgan fingerprint density at radius 1 is 1.09 bits per heavy atom. The van der Waals surface area contributed by atoms with Crippen molar-refractivity contribution in [2.24, 2.45) is 0 Å². The summed E-state index contributed by atoms with van der Waals surface area (Å²) in [6, 6.07) is 17.1. The molecule has 1 atom stereocenters. The van der Waals surface area contributed by atoms with Gasteiger partial charge in [0.25, 0.3) is 5.91 Å². The molecule has 0 radical (unpaired) electrons. The fourth-order valence-electron chi connectivity index (χ4n) is 2.68. The van der Waals surface area contributed by atoms with E-state index < -0.39 is 6.23 Å². The first-order valence-electron chi connectivity index (χ1n) is 7.57. The zero-order chi connectivity index (χ0) is 15.6. The van der Waals surface area contributed by atoms with Gasteiger partial charge in [-0.15, -0.1) is 0 Å². The highest BCUT2D eigenvalue weighted by atomic mass is 16.5. The molecule has 2 N–H and O–H groups in total. The first-order valence-corrected chi connectivity index (χ1v) is 7.57. The molecule has 116 valence electrons. The summed E-state index contributed by atoms with van der Waals surface area (Å²) in [5.41, 5.74) is 1.46. The summed E-state index contributed by atoms with van der Waals surface area (Å²) < 4.78 is 11.5. The number of aromatic amines is 1. The molecule has 0 fully saturated rings. The van der Waals surface area contributed by atoms with E-state index in [9.17, 15) is 4.79 Å². The smallest absolute Gasteiger partial charge is 0.270 e. The van der Waals surface area contributed by atoms with Gasteiger partial charge in [-0.1, -0.05) is 30.3 Å². The van der Waals surface area contributed by atoms with Gasteiger partial charge in [0.15, 0.2) is 17.7 Å². The second kappa shape index (κ2) is 5.68. The molecule has 4 rings (SSSR count). The third-order valence-corrected chi connectivity index (χ3v) is 3.82. The molecule has 1 aromatic heterocycles. The van der Waals surface area contributed by atoms with Crippen molar-refractivity contribution in [1.29, 1.82) is 0 Å². The van der Waals surface area contributed by atoms with Crippen LogP contribution < -0.4 is 14.8 Å². The number of para-hydroxylation sites is 3. The van der Waals surface area contributed by atoms with Gasteiger partial charge in [-0.05, 0) is 24.3 Å². The first-order chi connectivity index (χ1) is 11.3. The van der Waals surface area contributed by atoms with Gasteiger partial charge in [-0.25, -0.2) is 0 Å². The Labute approximate surface area is 133 Å². The highest BCUT2D eigenvalue weighted by Gasteiger charge is 2.21. The van der Waals surface area contributed by atoms with E-state index in [1.54, 1.807) is 0 Å². The fourth-order valence-corrected chi connectivity index (χ4v) is 2.68. The van der Waals surface area contributed by atoms with Gasteiger partial charge in [-0.3, -0.25) is 4.79 Å². The molecule has 1 amide bonds. The second-order valence-electron chi connectivity index (χ2n) is 5.43. The third kappa shape index (κ3) is 2.73. The van der Waals surface area contributed by atoms with Gasteiger partial charge in [0.05, 0.1) is 6.61 Å². The van der Waals surface area contributed by atoms with Gasteiger partial charge >= 0.3 is 0 Å². The molecule has 5 heteroatoms. The van der Waals surface area contributed by atoms with Crippen LogP contribution in [0.5, 0.6) is 11.5 Å². The van der Waals surface area contributed by atoms with Crippen molar-refractivity contribution in [2.45, 2.75) is 12.6 Å². The molecular weight excluding hydrogens is 292 g/mol. The number of fused-ring (bicyclic) bond motifs is 2. The van der Waals surface area contributed by atoms with Crippen LogP contribution in [0.25, 0.3) is 10.9 Å². The summed E-state index contributed by atoms with van der Waals surface area (Å²) in [6.45, 7) is 0.495. The van der Waals surface area contributed by atoms with Crippen LogP contribution in [0, 0.1) is 0 Å². The molecule has 23 heavy (non-hydrogen) atoms. The third-order valence-electron chi connectivity index (χ3n) is 3.82. The van der Waals surface area contributed by atoms with Crippen molar-refractivity contribution in [3.63, 3.8) is 0 Å². The quantitative estimate of drug-likeness (QED) is 0.764. The minimum absolute atomic E-state index is 0.189. The van der Waals surface area contributed by atoms with E-state index in [-0.39, 0.29) is 5.91 Å². The number of hydrogen-bond donors (Lipinski definition) is 2. The Kier molecular flexibility index (Phi) is 3.38. The zero-order valence-electron chi connectivity index (χ0n) is 12.4. The molecule has 0 saturated carbocycles. The topological polar surface area (TPSA) is 63.4 Å². The van der Waals surface area contributed by atoms with Crippen molar-refractivity contribution >= 4 is 16.8 Å². The normalized spacial score (nSPS) is 16.8. The molecule has 5 nitrogen and oxygen atoms in total. The van der Waals surface area contributed by atoms with Gasteiger partial charge in [0.2, 0.25) is 0 Å². The second-order valence-corrected chi connectivity index (χ2v) is 5.43. The summed E-state index contributed by atoms with van der Waals surface area (Å²) in [6.07, 6.45) is 0.165. The lowest BCUT2D eigenvalue weighted by molar-refractivity contribution is 0.0814. The van der Waals surface area contributed by atoms with Crippen LogP contribution >= 0.6 is 0 Å². The molecule has 0 spiro atoms. The van der Waals surface area contributed by atoms with Crippen molar-refractivity contribution in [2.75, 3.05) is 6.61 Å². The zero-order valence-corrected chi connectivity index (χ0v) is 12.4. The van der Waals surface area contributed by atoms with E-state index in [2.05, 4.69) is 10.3 Å². The number of aromatic nitrogens is 1. The molecular formula is C18H16N2O3. The predicted molar refractivity (Wildman–Crippen MR) is 86.7 cm³/mol. The Morgan fingerprint density at radius 2 is 1.87 bits per heavy atom. The number of nitrogens with one attached hydrogen (secondary N) is 2. The van der Waals surface area contributed by atoms with E-state index in [1.165, 1.54) is 0 Å². The van der Waals surface area contributed by atoms with E-state index >= 15 is 0 Å². The lowest BCUT2D eigenvalue weighted by Gasteiger charge is -2.17. The van der Waals surface area contributed by atoms with Crippen molar-refractivity contribution < 1.29 is 14.3 Å². The Bertz CT molecular complexity index is 823. The van der Waals surface area contributed by atoms with E-state index in [0.717, 1.165) is 10.9 Å². The number of amides is 1. The van der Waals surface area contributed by atoms with Crippen LogP contribution in [0.4, 0.5) is 0 Å². The SMILES string of the molecule is O=C(NC1CCOc2ccccc2O1)c1cc2ccccc2[nH]1. The summed E-state index contributed by atoms with van der Waals surface area (Å²) in [4.78, 5) is 15.6. The summed E-state index contributed by atoms with van der Waals surface area (Å²) in [5.74, 6) is 1.16. The average Bonchev–Trinajstić information content (AvgIpc) is 2.90. The predicted octanol–water partition coefficient (Wildman–Crippen LogP) is 3.09. The molecule has 0 aliphatic carbocycles. The summed E-state index contributed by atoms with van der Waals surface area (Å²) in [7, 11) is 0. The number of carbonyl (C=O) groups excluding carboxylic acids is 1. The van der Waals surface area contributed by atoms with E-state index in [1.807, 2.05) is 54.6 Å². The monoisotopic (exact) mass is 308 g/mol. The van der Waals surface area contributed by atoms with Crippen LogP contribution in [0.3, 0.4) is 0 Å². The molecule has 1 aliphatic rings. The van der Waals surface area contributed by atoms with Crippen LogP contribution in [-0.4, -0.2) is 23.7 Å². The molecule has 1 aliphatic heterocycles. The molecule has 2 aromatic carbocycles. The Hall–Kier alpha value is -2.95. The van der Waals surface area contributed by atoms with Crippen molar-refractivity contribution in [3.05, 3.63) is 60.3 Å². The number of carbonyl (C=O) groups is 1. The van der Waals surface area contributed by atoms with E-state index in [0.29, 0.717) is 30.2 Å². The van der Waals surface area contributed by atoms with Crippen LogP contribution in [-0.2, 0) is 0 Å². The van der Waals surface area contributed by atoms with Crippen molar-refractivity contribution in [3.8, 4) is 11.5 Å². The number of H-pyrrole nitrogens is 1. The maximum Gasteiger partial charge on any atom is 0.270 e. The fraction of sp³-hybridized carbons (Fsp3) is 0.167. The minimum Gasteiger partial charge on any atom is -0.489 e. The average molecular weight is 308 g/mol. The highest BCUT2D eigenvalue weighted by molar-refractivity contribution is 5.98. The Morgan fingerprint density at radius 3 is 2.74 bits per heavy atom. The molecule has 1 unspecified atom stereocenters. The lowest BCUT2D eigenvalue weighted by atomic mass is 10.2. The van der Waals surface area contributed by atoms with Crippen LogP contribution in [0.15, 0.2) is 54.6 Å². The first kappa shape index (κ1) is 13.7. The highest BCUT2D eigenvalue weighted by Crippen LogP contribution is 2.29. The van der Waals surface area contributed by atoms with Crippen molar-refractivity contribution in [1.82, 2.24) is 10.3 Å². The van der Waals surface area contributed by atoms with Gasteiger partial charge in [0.1, 0.15) is 5.69 Å². The van der Waals surface area contributed by atoms with Gasteiger partial charge < -0.3 is 19.8 Å². The van der Waals surface area contributed by atoms with Crippen LogP contribution in [0.2, 0.25) is 0 Å². The maximum absolute atomic E-state index is 12.4. The molecule has 0 bridgehead atoms. The number of benzene rings is 2. The molecule has 0 saturated heterocycles. The number of hydrogen-bond acceptors (Lipinski definition) is 3. The lowest BCUT2D eigenvalue weighted by Crippen LogP contribution is -2.39. The minimum atomic E-state index is -0.419. The standard InChI is InChI=1S/C18H16N2O3/c21-18(14-11-12-5-1-2-6-13(12)19-14)20-17-9-10-22-15-7-3-4-8-16(15)23-17/h1-8,11,17,19H,9-10H2,(H,20,21). The summed E-state index contributed by atoms with van der Waals surface area (Å²) >= 11 is 0. The maximum atomic E-state index is 12.4. The number of rotatable bonds is 2. The molecule has 2 heterocycles. The van der Waals surface area contributed by atoms with Crippen LogP contribution in [0.1, 0.15) is 16.9 Å².